The number of thioether (sulfide) groups is 1. The van der Waals surface area contributed by atoms with Gasteiger partial charge in [-0.1, -0.05) is 78.5 Å². The third kappa shape index (κ3) is 4.23. The second-order valence-electron chi connectivity index (χ2n) is 7.21. The fourth-order valence-electron chi connectivity index (χ4n) is 3.69. The smallest absolute Gasteiger partial charge is 0.340 e. The van der Waals surface area contributed by atoms with Crippen molar-refractivity contribution in [2.45, 2.75) is 11.0 Å². The number of fused-ring (bicyclic) bond motifs is 1. The highest BCUT2D eigenvalue weighted by Gasteiger charge is 2.23. The number of carbonyl (C=O) groups excluding carboxylic acids is 1. The summed E-state index contributed by atoms with van der Waals surface area (Å²) in [5, 5.41) is 9.58. The first-order chi connectivity index (χ1) is 16.2. The average Bonchev–Trinajstić information content (AvgIpc) is 3.36. The molecule has 0 saturated carbocycles. The normalized spacial score (nSPS) is 10.9. The van der Waals surface area contributed by atoms with E-state index >= 15 is 0 Å². The predicted octanol–water partition coefficient (Wildman–Crippen LogP) is 6.03. The van der Waals surface area contributed by atoms with Crippen molar-refractivity contribution in [3.8, 4) is 22.6 Å². The molecule has 0 saturated heterocycles. The van der Waals surface area contributed by atoms with Crippen LogP contribution in [-0.4, -0.2) is 28.3 Å². The molecule has 0 spiro atoms. The summed E-state index contributed by atoms with van der Waals surface area (Å²) in [5.74, 6) is 0.381. The van der Waals surface area contributed by atoms with Gasteiger partial charge < -0.3 is 9.15 Å². The Balaban J connectivity index is 1.57. The SMILES string of the molecule is COC(=O)c1c(CSc2nnc(-c3ccccc3)o2)nc2ccccc2c1-c1ccccc1. The average molecular weight is 454 g/mol. The van der Waals surface area contributed by atoms with Gasteiger partial charge in [0.25, 0.3) is 5.22 Å². The van der Waals surface area contributed by atoms with Crippen molar-refractivity contribution in [1.29, 1.82) is 0 Å². The minimum atomic E-state index is -0.432. The molecule has 2 heterocycles. The van der Waals surface area contributed by atoms with Gasteiger partial charge in [0.15, 0.2) is 0 Å². The van der Waals surface area contributed by atoms with Crippen molar-refractivity contribution in [2.75, 3.05) is 7.11 Å². The van der Waals surface area contributed by atoms with Crippen molar-refractivity contribution in [1.82, 2.24) is 15.2 Å². The highest BCUT2D eigenvalue weighted by molar-refractivity contribution is 7.98. The zero-order chi connectivity index (χ0) is 22.6. The first kappa shape index (κ1) is 20.9. The summed E-state index contributed by atoms with van der Waals surface area (Å²) in [6, 6.07) is 27.2. The van der Waals surface area contributed by atoms with Gasteiger partial charge >= 0.3 is 5.97 Å². The highest BCUT2D eigenvalue weighted by Crippen LogP contribution is 2.36. The summed E-state index contributed by atoms with van der Waals surface area (Å²) in [4.78, 5) is 17.7. The van der Waals surface area contributed by atoms with Gasteiger partial charge in [0.05, 0.1) is 23.9 Å². The van der Waals surface area contributed by atoms with Gasteiger partial charge in [0, 0.05) is 22.3 Å². The molecule has 3 aromatic carbocycles. The molecule has 5 aromatic rings. The molecule has 0 bridgehead atoms. The van der Waals surface area contributed by atoms with Crippen LogP contribution in [0.5, 0.6) is 0 Å². The summed E-state index contributed by atoms with van der Waals surface area (Å²) in [6.07, 6.45) is 0. The third-order valence-corrected chi connectivity index (χ3v) is 6.01. The van der Waals surface area contributed by atoms with E-state index in [1.807, 2.05) is 84.9 Å². The molecule has 0 unspecified atom stereocenters. The van der Waals surface area contributed by atoms with Crippen LogP contribution in [0, 0.1) is 0 Å². The molecule has 0 aliphatic carbocycles. The van der Waals surface area contributed by atoms with Crippen LogP contribution >= 0.6 is 11.8 Å². The summed E-state index contributed by atoms with van der Waals surface area (Å²) in [7, 11) is 1.38. The van der Waals surface area contributed by atoms with E-state index in [0.29, 0.717) is 28.1 Å². The molecule has 2 aromatic heterocycles. The summed E-state index contributed by atoms with van der Waals surface area (Å²) in [6.45, 7) is 0. The van der Waals surface area contributed by atoms with Gasteiger partial charge in [-0.25, -0.2) is 4.79 Å². The number of rotatable bonds is 6. The van der Waals surface area contributed by atoms with Crippen molar-refractivity contribution in [3.05, 3.63) is 96.2 Å². The van der Waals surface area contributed by atoms with Gasteiger partial charge in [0.1, 0.15) is 0 Å². The quantitative estimate of drug-likeness (QED) is 0.229. The number of methoxy groups -OCH3 is 1. The number of esters is 1. The molecule has 5 rings (SSSR count). The van der Waals surface area contributed by atoms with Crippen LogP contribution in [-0.2, 0) is 10.5 Å². The molecule has 0 aliphatic rings. The minimum Gasteiger partial charge on any atom is -0.465 e. The molecule has 162 valence electrons. The number of ether oxygens (including phenoxy) is 1. The van der Waals surface area contributed by atoms with Crippen LogP contribution in [0.1, 0.15) is 16.1 Å². The highest BCUT2D eigenvalue weighted by atomic mass is 32.2. The number of hydrogen-bond donors (Lipinski definition) is 0. The van der Waals surface area contributed by atoms with Gasteiger partial charge in [-0.3, -0.25) is 4.98 Å². The number of para-hydroxylation sites is 1. The van der Waals surface area contributed by atoms with Crippen molar-refractivity contribution in [2.24, 2.45) is 0 Å². The molecule has 0 fully saturated rings. The molecule has 0 aliphatic heterocycles. The molecule has 0 radical (unpaired) electrons. The summed E-state index contributed by atoms with van der Waals surface area (Å²) < 4.78 is 11.0. The topological polar surface area (TPSA) is 78.1 Å². The van der Waals surface area contributed by atoms with Gasteiger partial charge in [-0.2, -0.15) is 0 Å². The summed E-state index contributed by atoms with van der Waals surface area (Å²) >= 11 is 1.33. The Kier molecular flexibility index (Phi) is 5.87. The Morgan fingerprint density at radius 3 is 2.27 bits per heavy atom. The second-order valence-corrected chi connectivity index (χ2v) is 8.14. The van der Waals surface area contributed by atoms with E-state index in [-0.39, 0.29) is 0 Å². The minimum absolute atomic E-state index is 0.367. The van der Waals surface area contributed by atoms with Crippen LogP contribution in [0.4, 0.5) is 0 Å². The Bertz CT molecular complexity index is 1420. The first-order valence-electron chi connectivity index (χ1n) is 10.3. The number of nitrogens with zero attached hydrogens (tertiary/aromatic N) is 3. The van der Waals surface area contributed by atoms with E-state index in [1.54, 1.807) is 0 Å². The number of carbonyl (C=O) groups is 1. The second kappa shape index (κ2) is 9.26. The summed E-state index contributed by atoms with van der Waals surface area (Å²) in [5.41, 5.74) is 4.42. The van der Waals surface area contributed by atoms with E-state index < -0.39 is 5.97 Å². The fraction of sp³-hybridized carbons (Fsp3) is 0.0769. The lowest BCUT2D eigenvalue weighted by Gasteiger charge is -2.15. The van der Waals surface area contributed by atoms with E-state index in [2.05, 4.69) is 10.2 Å². The number of aromatic nitrogens is 3. The maximum absolute atomic E-state index is 12.9. The van der Waals surface area contributed by atoms with E-state index in [4.69, 9.17) is 14.1 Å². The first-order valence-corrected chi connectivity index (χ1v) is 11.3. The monoisotopic (exact) mass is 453 g/mol. The van der Waals surface area contributed by atoms with E-state index in [0.717, 1.165) is 27.6 Å². The zero-order valence-electron chi connectivity index (χ0n) is 17.8. The Morgan fingerprint density at radius 2 is 1.55 bits per heavy atom. The van der Waals surface area contributed by atoms with Crippen LogP contribution in [0.25, 0.3) is 33.5 Å². The number of benzene rings is 3. The van der Waals surface area contributed by atoms with Gasteiger partial charge in [-0.15, -0.1) is 10.2 Å². The molecular formula is C26H19N3O3S. The molecule has 0 atom stereocenters. The maximum atomic E-state index is 12.9. The fourth-order valence-corrected chi connectivity index (χ4v) is 4.39. The van der Waals surface area contributed by atoms with Crippen LogP contribution in [0.15, 0.2) is 94.6 Å². The van der Waals surface area contributed by atoms with Crippen LogP contribution in [0.2, 0.25) is 0 Å². The lowest BCUT2D eigenvalue weighted by atomic mass is 9.94. The standard InChI is InChI=1S/C26H19N3O3S/c1-31-25(30)23-21(16-33-26-29-28-24(32-26)18-12-6-3-7-13-18)27-20-15-9-8-14-19(20)22(23)17-10-4-2-5-11-17/h2-15H,16H2,1H3. The molecule has 33 heavy (non-hydrogen) atoms. The number of hydrogen-bond acceptors (Lipinski definition) is 7. The predicted molar refractivity (Wildman–Crippen MR) is 128 cm³/mol. The van der Waals surface area contributed by atoms with Crippen molar-refractivity contribution < 1.29 is 13.9 Å². The van der Waals surface area contributed by atoms with E-state index in [9.17, 15) is 4.79 Å². The van der Waals surface area contributed by atoms with Crippen molar-refractivity contribution >= 4 is 28.6 Å². The largest absolute Gasteiger partial charge is 0.465 e. The molecule has 0 amide bonds. The lowest BCUT2D eigenvalue weighted by Crippen LogP contribution is -2.10. The van der Waals surface area contributed by atoms with Crippen molar-refractivity contribution in [3.63, 3.8) is 0 Å². The number of pyridine rings is 1. The third-order valence-electron chi connectivity index (χ3n) is 5.18. The van der Waals surface area contributed by atoms with Crippen LogP contribution < -0.4 is 0 Å². The zero-order valence-corrected chi connectivity index (χ0v) is 18.6. The lowest BCUT2D eigenvalue weighted by molar-refractivity contribution is 0.0600. The van der Waals surface area contributed by atoms with Crippen LogP contribution in [0.3, 0.4) is 0 Å². The van der Waals surface area contributed by atoms with E-state index in [1.165, 1.54) is 18.9 Å². The Labute approximate surface area is 194 Å². The molecule has 0 N–H and O–H groups in total. The Morgan fingerprint density at radius 1 is 0.879 bits per heavy atom. The molecule has 7 heteroatoms. The Hall–Kier alpha value is -3.97. The maximum Gasteiger partial charge on any atom is 0.340 e. The van der Waals surface area contributed by atoms with Gasteiger partial charge in [0.2, 0.25) is 5.89 Å². The molecular weight excluding hydrogens is 434 g/mol. The molecule has 6 nitrogen and oxygen atoms in total. The van der Waals surface area contributed by atoms with Gasteiger partial charge in [-0.05, 0) is 23.8 Å².